The summed E-state index contributed by atoms with van der Waals surface area (Å²) in [6, 6.07) is 2.92. The minimum Gasteiger partial charge on any atom is -0.379 e. The van der Waals surface area contributed by atoms with Gasteiger partial charge in [-0.15, -0.1) is 0 Å². The first kappa shape index (κ1) is 16.1. The SMILES string of the molecule is Cn1nc(C(=O)N2CCC[C@H](CN3CCOCC3)C2)ccc1=O. The summed E-state index contributed by atoms with van der Waals surface area (Å²) in [7, 11) is 1.57. The summed E-state index contributed by atoms with van der Waals surface area (Å²) in [4.78, 5) is 28.3. The van der Waals surface area contributed by atoms with Crippen LogP contribution in [-0.4, -0.2) is 71.4 Å². The Morgan fingerprint density at radius 2 is 2.09 bits per heavy atom. The van der Waals surface area contributed by atoms with Crippen LogP contribution in [0.5, 0.6) is 0 Å². The lowest BCUT2D eigenvalue weighted by atomic mass is 9.97. The van der Waals surface area contributed by atoms with Crippen LogP contribution >= 0.6 is 0 Å². The van der Waals surface area contributed by atoms with Gasteiger partial charge in [0.2, 0.25) is 0 Å². The molecule has 0 aliphatic carbocycles. The van der Waals surface area contributed by atoms with E-state index in [1.807, 2.05) is 4.90 Å². The van der Waals surface area contributed by atoms with E-state index in [-0.39, 0.29) is 11.5 Å². The van der Waals surface area contributed by atoms with Crippen LogP contribution in [-0.2, 0) is 11.8 Å². The highest BCUT2D eigenvalue weighted by Gasteiger charge is 2.27. The predicted molar refractivity (Wildman–Crippen MR) is 85.4 cm³/mol. The van der Waals surface area contributed by atoms with Crippen molar-refractivity contribution in [1.29, 1.82) is 0 Å². The standard InChI is InChI=1S/C16H24N4O3/c1-18-15(21)5-4-14(17-18)16(22)20-6-2-3-13(12-20)11-19-7-9-23-10-8-19/h4-5,13H,2-3,6-12H2,1H3/t13-/m1/s1. The molecule has 3 rings (SSSR count). The maximum Gasteiger partial charge on any atom is 0.274 e. The van der Waals surface area contributed by atoms with Gasteiger partial charge in [-0.25, -0.2) is 4.68 Å². The Morgan fingerprint density at radius 1 is 1.30 bits per heavy atom. The number of likely N-dealkylation sites (tertiary alicyclic amines) is 1. The number of piperidine rings is 1. The maximum absolute atomic E-state index is 12.6. The third-order valence-electron chi connectivity index (χ3n) is 4.61. The third-order valence-corrected chi connectivity index (χ3v) is 4.61. The molecule has 2 fully saturated rings. The molecule has 0 spiro atoms. The summed E-state index contributed by atoms with van der Waals surface area (Å²) in [5.74, 6) is 0.422. The third kappa shape index (κ3) is 3.97. The van der Waals surface area contributed by atoms with Crippen molar-refractivity contribution in [2.75, 3.05) is 45.9 Å². The molecule has 3 heterocycles. The van der Waals surface area contributed by atoms with Crippen LogP contribution in [0.1, 0.15) is 23.3 Å². The molecule has 0 aromatic carbocycles. The number of amides is 1. The number of carbonyl (C=O) groups excluding carboxylic acids is 1. The highest BCUT2D eigenvalue weighted by atomic mass is 16.5. The van der Waals surface area contributed by atoms with Crippen molar-refractivity contribution in [3.63, 3.8) is 0 Å². The van der Waals surface area contributed by atoms with Crippen LogP contribution in [0.2, 0.25) is 0 Å². The van der Waals surface area contributed by atoms with Crippen LogP contribution in [0.4, 0.5) is 0 Å². The molecule has 126 valence electrons. The molecule has 1 aromatic heterocycles. The molecule has 7 heteroatoms. The fourth-order valence-corrected chi connectivity index (χ4v) is 3.33. The molecular weight excluding hydrogens is 296 g/mol. The zero-order valence-corrected chi connectivity index (χ0v) is 13.6. The number of nitrogens with zero attached hydrogens (tertiary/aromatic N) is 4. The van der Waals surface area contributed by atoms with Crippen molar-refractivity contribution in [3.8, 4) is 0 Å². The topological polar surface area (TPSA) is 67.7 Å². The zero-order chi connectivity index (χ0) is 16.2. The average Bonchev–Trinajstić information content (AvgIpc) is 2.58. The lowest BCUT2D eigenvalue weighted by Crippen LogP contribution is -2.46. The van der Waals surface area contributed by atoms with Gasteiger partial charge in [-0.3, -0.25) is 14.5 Å². The Kier molecular flexibility index (Phi) is 5.07. The number of morpholine rings is 1. The van der Waals surface area contributed by atoms with E-state index in [4.69, 9.17) is 4.74 Å². The number of carbonyl (C=O) groups is 1. The van der Waals surface area contributed by atoms with E-state index in [1.165, 1.54) is 16.8 Å². The fraction of sp³-hybridized carbons (Fsp3) is 0.688. The van der Waals surface area contributed by atoms with Crippen molar-refractivity contribution in [1.82, 2.24) is 19.6 Å². The molecule has 0 saturated carbocycles. The Bertz CT molecular complexity index is 610. The molecule has 1 amide bonds. The second-order valence-corrected chi connectivity index (χ2v) is 6.35. The summed E-state index contributed by atoms with van der Waals surface area (Å²) < 4.78 is 6.60. The number of hydrogen-bond acceptors (Lipinski definition) is 5. The Labute approximate surface area is 135 Å². The summed E-state index contributed by atoms with van der Waals surface area (Å²) >= 11 is 0. The van der Waals surface area contributed by atoms with Gasteiger partial charge in [0.1, 0.15) is 5.69 Å². The number of hydrogen-bond donors (Lipinski definition) is 0. The quantitative estimate of drug-likeness (QED) is 0.782. The number of rotatable bonds is 3. The predicted octanol–water partition coefficient (Wildman–Crippen LogP) is -0.0353. The second kappa shape index (κ2) is 7.23. The molecule has 0 N–H and O–H groups in total. The minimum absolute atomic E-state index is 0.0766. The van der Waals surface area contributed by atoms with Crippen molar-refractivity contribution in [2.45, 2.75) is 12.8 Å². The molecular formula is C16H24N4O3. The van der Waals surface area contributed by atoms with Crippen LogP contribution in [0, 0.1) is 5.92 Å². The number of aromatic nitrogens is 2. The minimum atomic E-state index is -0.203. The first-order chi connectivity index (χ1) is 11.1. The molecule has 0 bridgehead atoms. The molecule has 1 aromatic rings. The Morgan fingerprint density at radius 3 is 2.83 bits per heavy atom. The first-order valence-corrected chi connectivity index (χ1v) is 8.27. The highest BCUT2D eigenvalue weighted by Crippen LogP contribution is 2.19. The molecule has 2 saturated heterocycles. The summed E-state index contributed by atoms with van der Waals surface area (Å²) in [5, 5.41) is 4.07. The van der Waals surface area contributed by atoms with Crippen LogP contribution in [0.3, 0.4) is 0 Å². The van der Waals surface area contributed by atoms with Crippen LogP contribution < -0.4 is 5.56 Å². The van der Waals surface area contributed by atoms with Gasteiger partial charge in [0.15, 0.2) is 0 Å². The number of ether oxygens (including phenoxy) is 1. The van der Waals surface area contributed by atoms with Crippen LogP contribution in [0.15, 0.2) is 16.9 Å². The van der Waals surface area contributed by atoms with Gasteiger partial charge in [0, 0.05) is 45.8 Å². The van der Waals surface area contributed by atoms with Gasteiger partial charge in [0.25, 0.3) is 11.5 Å². The van der Waals surface area contributed by atoms with Gasteiger partial charge >= 0.3 is 0 Å². The monoisotopic (exact) mass is 320 g/mol. The van der Waals surface area contributed by atoms with E-state index in [2.05, 4.69) is 10.00 Å². The molecule has 23 heavy (non-hydrogen) atoms. The molecule has 2 aliphatic rings. The molecule has 0 unspecified atom stereocenters. The van der Waals surface area contributed by atoms with Crippen molar-refractivity contribution >= 4 is 5.91 Å². The Balaban J connectivity index is 1.61. The Hall–Kier alpha value is -1.73. The van der Waals surface area contributed by atoms with E-state index < -0.39 is 0 Å². The molecule has 2 aliphatic heterocycles. The average molecular weight is 320 g/mol. The van der Waals surface area contributed by atoms with E-state index in [1.54, 1.807) is 7.05 Å². The first-order valence-electron chi connectivity index (χ1n) is 8.27. The second-order valence-electron chi connectivity index (χ2n) is 6.35. The zero-order valence-electron chi connectivity index (χ0n) is 13.6. The maximum atomic E-state index is 12.6. The molecule has 0 radical (unpaired) electrons. The lowest BCUT2D eigenvalue weighted by molar-refractivity contribution is 0.0223. The molecule has 7 nitrogen and oxygen atoms in total. The fourth-order valence-electron chi connectivity index (χ4n) is 3.33. The smallest absolute Gasteiger partial charge is 0.274 e. The molecule has 1 atom stereocenters. The summed E-state index contributed by atoms with van der Waals surface area (Å²) in [5.41, 5.74) is 0.143. The van der Waals surface area contributed by atoms with Crippen molar-refractivity contribution in [2.24, 2.45) is 13.0 Å². The van der Waals surface area contributed by atoms with Gasteiger partial charge in [0.05, 0.1) is 13.2 Å². The van der Waals surface area contributed by atoms with Gasteiger partial charge in [-0.1, -0.05) is 0 Å². The van der Waals surface area contributed by atoms with E-state index >= 15 is 0 Å². The normalized spacial score (nSPS) is 23.0. The summed E-state index contributed by atoms with van der Waals surface area (Å²) in [6.45, 7) is 6.12. The van der Waals surface area contributed by atoms with E-state index in [9.17, 15) is 9.59 Å². The van der Waals surface area contributed by atoms with Crippen molar-refractivity contribution in [3.05, 3.63) is 28.2 Å². The van der Waals surface area contributed by atoms with Gasteiger partial charge < -0.3 is 9.64 Å². The van der Waals surface area contributed by atoms with Crippen LogP contribution in [0.25, 0.3) is 0 Å². The largest absolute Gasteiger partial charge is 0.379 e. The van der Waals surface area contributed by atoms with Gasteiger partial charge in [-0.05, 0) is 24.8 Å². The lowest BCUT2D eigenvalue weighted by Gasteiger charge is -2.36. The van der Waals surface area contributed by atoms with Crippen molar-refractivity contribution < 1.29 is 9.53 Å². The van der Waals surface area contributed by atoms with E-state index in [0.717, 1.165) is 58.8 Å². The highest BCUT2D eigenvalue weighted by molar-refractivity contribution is 5.92. The summed E-state index contributed by atoms with van der Waals surface area (Å²) in [6.07, 6.45) is 2.17. The number of aryl methyl sites for hydroxylation is 1. The van der Waals surface area contributed by atoms with E-state index in [0.29, 0.717) is 11.6 Å². The van der Waals surface area contributed by atoms with Gasteiger partial charge in [-0.2, -0.15) is 5.10 Å².